The second-order valence-corrected chi connectivity index (χ2v) is 7.20. The van der Waals surface area contributed by atoms with Crippen molar-refractivity contribution in [3.63, 3.8) is 0 Å². The molecule has 0 fully saturated rings. The molecule has 0 aliphatic carbocycles. The summed E-state index contributed by atoms with van der Waals surface area (Å²) in [5.41, 5.74) is 0.177. The number of fused-ring (bicyclic) bond motifs is 1. The van der Waals surface area contributed by atoms with Crippen LogP contribution in [-0.4, -0.2) is 40.7 Å². The van der Waals surface area contributed by atoms with Crippen molar-refractivity contribution in [1.82, 2.24) is 14.5 Å². The number of hydrogen-bond acceptors (Lipinski definition) is 4. The highest BCUT2D eigenvalue weighted by atomic mass is 19.1. The molecule has 0 aliphatic heterocycles. The number of carbonyl (C=O) groups excluding carboxylic acids is 1. The number of hydrogen-bond donors (Lipinski definition) is 1. The van der Waals surface area contributed by atoms with E-state index < -0.39 is 23.7 Å². The van der Waals surface area contributed by atoms with E-state index in [-0.39, 0.29) is 24.3 Å². The number of ether oxygens (including phenoxy) is 1. The van der Waals surface area contributed by atoms with E-state index in [2.05, 4.69) is 5.32 Å². The smallest absolute Gasteiger partial charge is 0.322 e. The highest BCUT2D eigenvalue weighted by Gasteiger charge is 2.28. The molecule has 1 heterocycles. The largest absolute Gasteiger partial charge is 0.383 e. The molecule has 1 unspecified atom stereocenters. The van der Waals surface area contributed by atoms with Gasteiger partial charge in [0.05, 0.1) is 35.8 Å². The Morgan fingerprint density at radius 2 is 1.97 bits per heavy atom. The van der Waals surface area contributed by atoms with Gasteiger partial charge in [-0.05, 0) is 37.6 Å². The monoisotopic (exact) mass is 444 g/mol. The first kappa shape index (κ1) is 23.3. The highest BCUT2D eigenvalue weighted by molar-refractivity contribution is 5.89. The van der Waals surface area contributed by atoms with E-state index in [1.165, 1.54) is 15.5 Å². The molecule has 0 bridgehead atoms. The summed E-state index contributed by atoms with van der Waals surface area (Å²) in [6.45, 7) is 4.50. The highest BCUT2D eigenvalue weighted by Crippen LogP contribution is 2.25. The number of benzene rings is 2. The number of aromatic nitrogens is 2. The predicted molar refractivity (Wildman–Crippen MR) is 119 cm³/mol. The zero-order valence-electron chi connectivity index (χ0n) is 18.3. The lowest BCUT2D eigenvalue weighted by Crippen LogP contribution is -2.41. The van der Waals surface area contributed by atoms with Crippen molar-refractivity contribution in [3.8, 4) is 0 Å². The number of amides is 2. The fraction of sp³-hybridized carbons (Fsp3) is 0.348. The minimum absolute atomic E-state index is 0.132. The minimum atomic E-state index is -0.872. The molecule has 0 aliphatic rings. The van der Waals surface area contributed by atoms with Crippen LogP contribution >= 0.6 is 0 Å². The summed E-state index contributed by atoms with van der Waals surface area (Å²) in [7, 11) is 1.54. The number of para-hydroxylation sites is 1. The van der Waals surface area contributed by atoms with Gasteiger partial charge < -0.3 is 15.0 Å². The lowest BCUT2D eigenvalue weighted by molar-refractivity contribution is 0.172. The Bertz CT molecular complexity index is 1170. The first-order valence-electron chi connectivity index (χ1n) is 10.4. The normalized spacial score (nSPS) is 12.0. The fourth-order valence-corrected chi connectivity index (χ4v) is 3.66. The van der Waals surface area contributed by atoms with E-state index in [0.29, 0.717) is 35.8 Å². The Kier molecular flexibility index (Phi) is 7.53. The molecular formula is C23H26F2N4O3. The molecule has 170 valence electrons. The van der Waals surface area contributed by atoms with Gasteiger partial charge in [0.25, 0.3) is 5.56 Å². The van der Waals surface area contributed by atoms with Gasteiger partial charge in [0, 0.05) is 19.7 Å². The third-order valence-electron chi connectivity index (χ3n) is 5.25. The van der Waals surface area contributed by atoms with Gasteiger partial charge in [-0.1, -0.05) is 19.1 Å². The molecule has 1 aromatic heterocycles. The number of urea groups is 1. The second-order valence-electron chi connectivity index (χ2n) is 7.20. The van der Waals surface area contributed by atoms with Crippen molar-refractivity contribution in [2.45, 2.75) is 32.9 Å². The predicted octanol–water partition coefficient (Wildman–Crippen LogP) is 4.33. The molecule has 32 heavy (non-hydrogen) atoms. The maximum Gasteiger partial charge on any atom is 0.322 e. The topological polar surface area (TPSA) is 76.5 Å². The molecular weight excluding hydrogens is 418 g/mol. The molecule has 0 saturated carbocycles. The van der Waals surface area contributed by atoms with Gasteiger partial charge in [-0.15, -0.1) is 0 Å². The standard InChI is InChI=1S/C23H26F2N4O3/c1-4-20(28(5-2)23(31)27-19-11-10-15(24)14-17(19)25)21-26-18-9-7-6-8-16(18)22(30)29(21)12-13-32-3/h6-11,14,20H,4-5,12-13H2,1-3H3,(H,27,31). The van der Waals surface area contributed by atoms with Gasteiger partial charge in [0.15, 0.2) is 0 Å². The van der Waals surface area contributed by atoms with E-state index in [1.54, 1.807) is 38.3 Å². The summed E-state index contributed by atoms with van der Waals surface area (Å²) in [4.78, 5) is 32.4. The Labute approximate surface area is 184 Å². The van der Waals surface area contributed by atoms with Crippen molar-refractivity contribution in [3.05, 3.63) is 70.3 Å². The second kappa shape index (κ2) is 10.3. The van der Waals surface area contributed by atoms with Gasteiger partial charge in [-0.25, -0.2) is 18.6 Å². The number of halogens is 2. The zero-order chi connectivity index (χ0) is 23.3. The summed E-state index contributed by atoms with van der Waals surface area (Å²) in [5.74, 6) is -1.19. The van der Waals surface area contributed by atoms with Crippen molar-refractivity contribution < 1.29 is 18.3 Å². The molecule has 0 saturated heterocycles. The van der Waals surface area contributed by atoms with Crippen LogP contribution in [0.4, 0.5) is 19.3 Å². The van der Waals surface area contributed by atoms with Crippen molar-refractivity contribution in [1.29, 1.82) is 0 Å². The van der Waals surface area contributed by atoms with Crippen LogP contribution < -0.4 is 10.9 Å². The lowest BCUT2D eigenvalue weighted by atomic mass is 10.1. The van der Waals surface area contributed by atoms with Crippen molar-refractivity contribution in [2.24, 2.45) is 0 Å². The molecule has 2 aromatic carbocycles. The van der Waals surface area contributed by atoms with E-state index in [4.69, 9.17) is 9.72 Å². The number of nitrogens with zero attached hydrogens (tertiary/aromatic N) is 3. The zero-order valence-corrected chi connectivity index (χ0v) is 18.3. The van der Waals surface area contributed by atoms with E-state index in [0.717, 1.165) is 6.07 Å². The maximum absolute atomic E-state index is 14.1. The lowest BCUT2D eigenvalue weighted by Gasteiger charge is -2.31. The molecule has 9 heteroatoms. The van der Waals surface area contributed by atoms with E-state index in [9.17, 15) is 18.4 Å². The molecule has 3 aromatic rings. The molecule has 2 amide bonds. The van der Waals surface area contributed by atoms with E-state index >= 15 is 0 Å². The average Bonchev–Trinajstić information content (AvgIpc) is 2.78. The average molecular weight is 444 g/mol. The molecule has 0 spiro atoms. The van der Waals surface area contributed by atoms with Gasteiger partial charge in [-0.2, -0.15) is 0 Å². The van der Waals surface area contributed by atoms with Crippen LogP contribution in [0.25, 0.3) is 10.9 Å². The van der Waals surface area contributed by atoms with Crippen LogP contribution in [0.1, 0.15) is 32.1 Å². The summed E-state index contributed by atoms with van der Waals surface area (Å²) in [6.07, 6.45) is 0.463. The Hall–Kier alpha value is -3.33. The molecule has 1 N–H and O–H groups in total. The molecule has 3 rings (SSSR count). The minimum Gasteiger partial charge on any atom is -0.383 e. The molecule has 7 nitrogen and oxygen atoms in total. The van der Waals surface area contributed by atoms with Crippen LogP contribution in [0.5, 0.6) is 0 Å². The first-order chi connectivity index (χ1) is 15.4. The van der Waals surface area contributed by atoms with Gasteiger partial charge >= 0.3 is 6.03 Å². The Morgan fingerprint density at radius 3 is 2.62 bits per heavy atom. The third-order valence-corrected chi connectivity index (χ3v) is 5.25. The number of anilines is 1. The van der Waals surface area contributed by atoms with Crippen molar-refractivity contribution in [2.75, 3.05) is 25.6 Å². The molecule has 1 atom stereocenters. The van der Waals surface area contributed by atoms with Crippen LogP contribution in [0.3, 0.4) is 0 Å². The number of carbonyl (C=O) groups is 1. The summed E-state index contributed by atoms with van der Waals surface area (Å²) >= 11 is 0. The van der Waals surface area contributed by atoms with Gasteiger partial charge in [0.2, 0.25) is 0 Å². The quantitative estimate of drug-likeness (QED) is 0.561. The van der Waals surface area contributed by atoms with E-state index in [1.807, 2.05) is 6.92 Å². The fourth-order valence-electron chi connectivity index (χ4n) is 3.66. The number of nitrogens with one attached hydrogen (secondary N) is 1. The number of methoxy groups -OCH3 is 1. The Morgan fingerprint density at radius 1 is 1.22 bits per heavy atom. The summed E-state index contributed by atoms with van der Waals surface area (Å²) in [6, 6.07) is 8.82. The van der Waals surface area contributed by atoms with Gasteiger partial charge in [0.1, 0.15) is 17.5 Å². The summed E-state index contributed by atoms with van der Waals surface area (Å²) in [5, 5.41) is 2.97. The van der Waals surface area contributed by atoms with Crippen LogP contribution in [-0.2, 0) is 11.3 Å². The van der Waals surface area contributed by atoms with Crippen molar-refractivity contribution >= 4 is 22.6 Å². The first-order valence-corrected chi connectivity index (χ1v) is 10.4. The summed E-state index contributed by atoms with van der Waals surface area (Å²) < 4.78 is 34.0. The number of rotatable bonds is 8. The maximum atomic E-state index is 14.1. The van der Waals surface area contributed by atoms with Crippen LogP contribution in [0.2, 0.25) is 0 Å². The van der Waals surface area contributed by atoms with Crippen LogP contribution in [0, 0.1) is 11.6 Å². The Balaban J connectivity index is 2.04. The van der Waals surface area contributed by atoms with Crippen LogP contribution in [0.15, 0.2) is 47.3 Å². The third kappa shape index (κ3) is 4.77. The molecule has 0 radical (unpaired) electrons. The van der Waals surface area contributed by atoms with Gasteiger partial charge in [-0.3, -0.25) is 9.36 Å². The SMILES string of the molecule is CCC(c1nc2ccccc2c(=O)n1CCOC)N(CC)C(=O)Nc1ccc(F)cc1F.